The number of hydrogen-bond acceptors (Lipinski definition) is 3. The summed E-state index contributed by atoms with van der Waals surface area (Å²) in [5.41, 5.74) is 5.61. The molecule has 3 aromatic rings. The van der Waals surface area contributed by atoms with Gasteiger partial charge in [-0.15, -0.1) is 11.8 Å². The second-order valence-electron chi connectivity index (χ2n) is 7.39. The third-order valence-corrected chi connectivity index (χ3v) is 5.99. The summed E-state index contributed by atoms with van der Waals surface area (Å²) >= 11 is 1.48. The summed E-state index contributed by atoms with van der Waals surface area (Å²) in [6, 6.07) is 20.9. The molecule has 0 saturated heterocycles. The van der Waals surface area contributed by atoms with Gasteiger partial charge in [-0.3, -0.25) is 9.59 Å². The lowest BCUT2D eigenvalue weighted by atomic mass is 10.1. The molecule has 0 bridgehead atoms. The van der Waals surface area contributed by atoms with Gasteiger partial charge in [-0.25, -0.2) is 0 Å². The molecule has 0 aliphatic rings. The van der Waals surface area contributed by atoms with E-state index in [1.807, 2.05) is 94.4 Å². The van der Waals surface area contributed by atoms with E-state index >= 15 is 0 Å². The molecule has 0 saturated carbocycles. The third-order valence-electron chi connectivity index (χ3n) is 4.88. The molecule has 5 heteroatoms. The van der Waals surface area contributed by atoms with Crippen molar-refractivity contribution in [1.82, 2.24) is 0 Å². The zero-order chi connectivity index (χ0) is 21.7. The topological polar surface area (TPSA) is 58.2 Å². The Bertz CT molecular complexity index is 1040. The number of aryl methyl sites for hydroxylation is 3. The quantitative estimate of drug-likeness (QED) is 0.484. The normalized spacial score (nSPS) is 11.6. The first kappa shape index (κ1) is 21.7. The zero-order valence-corrected chi connectivity index (χ0v) is 18.5. The summed E-state index contributed by atoms with van der Waals surface area (Å²) in [7, 11) is 0. The van der Waals surface area contributed by atoms with Crippen LogP contribution in [-0.2, 0) is 4.79 Å². The van der Waals surface area contributed by atoms with Crippen molar-refractivity contribution < 1.29 is 9.59 Å². The van der Waals surface area contributed by atoms with E-state index in [2.05, 4.69) is 10.6 Å². The molecule has 30 heavy (non-hydrogen) atoms. The van der Waals surface area contributed by atoms with Crippen molar-refractivity contribution in [2.24, 2.45) is 0 Å². The SMILES string of the molecule is Cc1ccc(C(=O)Nc2ccc(SC(C)C(=O)Nc3ccc(C)c(C)c3)cc2)cc1. The number of carbonyl (C=O) groups excluding carboxylic acids is 2. The molecule has 0 aromatic heterocycles. The van der Waals surface area contributed by atoms with E-state index in [-0.39, 0.29) is 17.1 Å². The van der Waals surface area contributed by atoms with Gasteiger partial charge in [0.15, 0.2) is 0 Å². The highest BCUT2D eigenvalue weighted by atomic mass is 32.2. The predicted octanol–water partition coefficient (Wildman–Crippen LogP) is 5.98. The van der Waals surface area contributed by atoms with Crippen molar-refractivity contribution in [3.05, 3.63) is 89.0 Å². The maximum absolute atomic E-state index is 12.5. The Balaban J connectivity index is 1.56. The Morgan fingerprint density at radius 3 is 2.03 bits per heavy atom. The van der Waals surface area contributed by atoms with E-state index in [1.54, 1.807) is 0 Å². The van der Waals surface area contributed by atoms with Crippen molar-refractivity contribution >= 4 is 35.0 Å². The molecule has 0 aliphatic heterocycles. The molecule has 0 spiro atoms. The summed E-state index contributed by atoms with van der Waals surface area (Å²) in [5.74, 6) is -0.184. The molecule has 4 nitrogen and oxygen atoms in total. The minimum absolute atomic E-state index is 0.0417. The molecule has 1 unspecified atom stereocenters. The highest BCUT2D eigenvalue weighted by Gasteiger charge is 2.15. The van der Waals surface area contributed by atoms with Crippen LogP contribution in [0.4, 0.5) is 11.4 Å². The standard InChI is InChI=1S/C25H26N2O2S/c1-16-5-8-20(9-6-16)25(29)26-21-11-13-23(14-12-21)30-19(4)24(28)27-22-10-7-17(2)18(3)15-22/h5-15,19H,1-4H3,(H,26,29)(H,27,28). The lowest BCUT2D eigenvalue weighted by Crippen LogP contribution is -2.22. The van der Waals surface area contributed by atoms with Gasteiger partial charge in [0.05, 0.1) is 5.25 Å². The van der Waals surface area contributed by atoms with Crippen LogP contribution in [0, 0.1) is 20.8 Å². The highest BCUT2D eigenvalue weighted by Crippen LogP contribution is 2.26. The van der Waals surface area contributed by atoms with Crippen LogP contribution in [0.2, 0.25) is 0 Å². The largest absolute Gasteiger partial charge is 0.325 e. The maximum atomic E-state index is 12.5. The van der Waals surface area contributed by atoms with Crippen LogP contribution in [0.3, 0.4) is 0 Å². The van der Waals surface area contributed by atoms with Gasteiger partial charge in [0, 0.05) is 21.8 Å². The molecular formula is C25H26N2O2S. The van der Waals surface area contributed by atoms with Gasteiger partial charge < -0.3 is 10.6 Å². The Labute approximate surface area is 182 Å². The van der Waals surface area contributed by atoms with E-state index in [1.165, 1.54) is 17.3 Å². The number of hydrogen-bond donors (Lipinski definition) is 2. The average molecular weight is 419 g/mol. The summed E-state index contributed by atoms with van der Waals surface area (Å²) in [5, 5.41) is 5.62. The van der Waals surface area contributed by atoms with Crippen LogP contribution in [0.1, 0.15) is 34.0 Å². The predicted molar refractivity (Wildman–Crippen MR) is 125 cm³/mol. The number of rotatable bonds is 6. The molecule has 0 radical (unpaired) electrons. The second-order valence-corrected chi connectivity index (χ2v) is 8.81. The molecule has 0 aliphatic carbocycles. The lowest BCUT2D eigenvalue weighted by Gasteiger charge is -2.13. The molecular weight excluding hydrogens is 392 g/mol. The fourth-order valence-electron chi connectivity index (χ4n) is 2.85. The van der Waals surface area contributed by atoms with Crippen LogP contribution >= 0.6 is 11.8 Å². The molecule has 1 atom stereocenters. The van der Waals surface area contributed by atoms with Crippen LogP contribution < -0.4 is 10.6 Å². The fraction of sp³-hybridized carbons (Fsp3) is 0.200. The van der Waals surface area contributed by atoms with Crippen molar-refractivity contribution in [1.29, 1.82) is 0 Å². The zero-order valence-electron chi connectivity index (χ0n) is 17.7. The van der Waals surface area contributed by atoms with Gasteiger partial charge >= 0.3 is 0 Å². The number of nitrogens with one attached hydrogen (secondary N) is 2. The van der Waals surface area contributed by atoms with E-state index in [0.717, 1.165) is 27.4 Å². The molecule has 3 aromatic carbocycles. The van der Waals surface area contributed by atoms with Crippen LogP contribution in [0.25, 0.3) is 0 Å². The molecule has 2 amide bonds. The molecule has 3 rings (SSSR count). The van der Waals surface area contributed by atoms with Gasteiger partial charge in [-0.2, -0.15) is 0 Å². The highest BCUT2D eigenvalue weighted by molar-refractivity contribution is 8.00. The van der Waals surface area contributed by atoms with Gasteiger partial charge in [-0.05, 0) is 87.4 Å². The number of amides is 2. The Morgan fingerprint density at radius 1 is 0.767 bits per heavy atom. The molecule has 0 heterocycles. The van der Waals surface area contributed by atoms with Crippen LogP contribution in [0.5, 0.6) is 0 Å². The van der Waals surface area contributed by atoms with Gasteiger partial charge in [0.25, 0.3) is 5.91 Å². The fourth-order valence-corrected chi connectivity index (χ4v) is 3.71. The Morgan fingerprint density at radius 2 is 1.40 bits per heavy atom. The Hall–Kier alpha value is -3.05. The number of thioether (sulfide) groups is 1. The van der Waals surface area contributed by atoms with E-state index < -0.39 is 0 Å². The lowest BCUT2D eigenvalue weighted by molar-refractivity contribution is -0.115. The van der Waals surface area contributed by atoms with Gasteiger partial charge in [0.1, 0.15) is 0 Å². The summed E-state index contributed by atoms with van der Waals surface area (Å²) in [6.45, 7) is 7.95. The minimum atomic E-state index is -0.250. The first-order valence-corrected chi connectivity index (χ1v) is 10.7. The van der Waals surface area contributed by atoms with Crippen LogP contribution in [0.15, 0.2) is 71.6 Å². The summed E-state index contributed by atoms with van der Waals surface area (Å²) < 4.78 is 0. The van der Waals surface area contributed by atoms with Gasteiger partial charge in [0.2, 0.25) is 5.91 Å². The Kier molecular flexibility index (Phi) is 6.95. The minimum Gasteiger partial charge on any atom is -0.325 e. The number of carbonyl (C=O) groups is 2. The van der Waals surface area contributed by atoms with Crippen molar-refractivity contribution in [2.75, 3.05) is 10.6 Å². The monoisotopic (exact) mass is 418 g/mol. The third kappa shape index (κ3) is 5.74. The van der Waals surface area contributed by atoms with E-state index in [9.17, 15) is 9.59 Å². The number of anilines is 2. The van der Waals surface area contributed by atoms with Crippen molar-refractivity contribution in [3.63, 3.8) is 0 Å². The second kappa shape index (κ2) is 9.63. The maximum Gasteiger partial charge on any atom is 0.255 e. The first-order valence-electron chi connectivity index (χ1n) is 9.84. The van der Waals surface area contributed by atoms with Crippen molar-refractivity contribution in [3.8, 4) is 0 Å². The first-order chi connectivity index (χ1) is 14.3. The van der Waals surface area contributed by atoms with Gasteiger partial charge in [-0.1, -0.05) is 23.8 Å². The van der Waals surface area contributed by atoms with Crippen molar-refractivity contribution in [2.45, 2.75) is 37.8 Å². The van der Waals surface area contributed by atoms with E-state index in [4.69, 9.17) is 0 Å². The summed E-state index contributed by atoms with van der Waals surface area (Å²) in [4.78, 5) is 25.8. The van der Waals surface area contributed by atoms with E-state index in [0.29, 0.717) is 5.56 Å². The number of benzene rings is 3. The summed E-state index contributed by atoms with van der Waals surface area (Å²) in [6.07, 6.45) is 0. The smallest absolute Gasteiger partial charge is 0.255 e. The van der Waals surface area contributed by atoms with Crippen LogP contribution in [-0.4, -0.2) is 17.1 Å². The average Bonchev–Trinajstić information content (AvgIpc) is 2.72. The molecule has 154 valence electrons. The molecule has 2 N–H and O–H groups in total. The molecule has 0 fully saturated rings.